The van der Waals surface area contributed by atoms with E-state index in [0.717, 1.165) is 5.56 Å². The highest BCUT2D eigenvalue weighted by molar-refractivity contribution is 7.89. The molecule has 0 aliphatic carbocycles. The van der Waals surface area contributed by atoms with E-state index in [1.807, 2.05) is 30.3 Å². The van der Waals surface area contributed by atoms with Crippen LogP contribution >= 0.6 is 0 Å². The third kappa shape index (κ3) is 4.79. The van der Waals surface area contributed by atoms with E-state index in [0.29, 0.717) is 39.0 Å². The minimum Gasteiger partial charge on any atom is -0.481 e. The molecule has 7 heteroatoms. The van der Waals surface area contributed by atoms with Gasteiger partial charge in [0.25, 0.3) is 0 Å². The first-order valence-corrected chi connectivity index (χ1v) is 9.05. The van der Waals surface area contributed by atoms with Crippen molar-refractivity contribution in [1.82, 2.24) is 9.62 Å². The van der Waals surface area contributed by atoms with E-state index in [2.05, 4.69) is 5.32 Å². The Kier molecular flexibility index (Phi) is 5.93. The summed E-state index contributed by atoms with van der Waals surface area (Å²) in [5.74, 6) is -1.21. The van der Waals surface area contributed by atoms with Gasteiger partial charge >= 0.3 is 5.97 Å². The van der Waals surface area contributed by atoms with E-state index in [4.69, 9.17) is 5.11 Å². The summed E-state index contributed by atoms with van der Waals surface area (Å²) in [5.41, 5.74) is 1.11. The monoisotopic (exact) mass is 326 g/mol. The van der Waals surface area contributed by atoms with Gasteiger partial charge in [0.05, 0.1) is 11.7 Å². The fourth-order valence-electron chi connectivity index (χ4n) is 2.54. The Morgan fingerprint density at radius 3 is 2.45 bits per heavy atom. The molecule has 0 radical (unpaired) electrons. The minimum atomic E-state index is -3.31. The summed E-state index contributed by atoms with van der Waals surface area (Å²) in [6.07, 6.45) is 0.790. The fourth-order valence-corrected chi connectivity index (χ4v) is 3.97. The van der Waals surface area contributed by atoms with Crippen LogP contribution in [0, 0.1) is 5.92 Å². The van der Waals surface area contributed by atoms with E-state index in [9.17, 15) is 13.2 Å². The number of nitrogens with one attached hydrogen (secondary N) is 1. The molecule has 0 amide bonds. The van der Waals surface area contributed by atoms with Gasteiger partial charge < -0.3 is 10.4 Å². The molecular weight excluding hydrogens is 304 g/mol. The van der Waals surface area contributed by atoms with Crippen LogP contribution in [-0.2, 0) is 21.4 Å². The standard InChI is InChI=1S/C15H22N2O4S/c18-15(19)14-6-9-17(10-7-14)22(20,21)11-8-16-12-13-4-2-1-3-5-13/h1-5,14,16H,6-12H2,(H,18,19). The smallest absolute Gasteiger partial charge is 0.306 e. The van der Waals surface area contributed by atoms with Crippen molar-refractivity contribution in [2.24, 2.45) is 5.92 Å². The summed E-state index contributed by atoms with van der Waals surface area (Å²) in [4.78, 5) is 10.9. The maximum Gasteiger partial charge on any atom is 0.306 e. The third-order valence-electron chi connectivity index (χ3n) is 3.91. The molecule has 1 saturated heterocycles. The van der Waals surface area contributed by atoms with Gasteiger partial charge in [-0.2, -0.15) is 0 Å². The lowest BCUT2D eigenvalue weighted by Gasteiger charge is -2.29. The lowest BCUT2D eigenvalue weighted by Crippen LogP contribution is -2.42. The molecule has 1 aliphatic heterocycles. The SMILES string of the molecule is O=C(O)C1CCN(S(=O)(=O)CCNCc2ccccc2)CC1. The Morgan fingerprint density at radius 1 is 1.23 bits per heavy atom. The average Bonchev–Trinajstić information content (AvgIpc) is 2.53. The molecule has 0 aromatic heterocycles. The zero-order valence-corrected chi connectivity index (χ0v) is 13.3. The highest BCUT2D eigenvalue weighted by atomic mass is 32.2. The molecule has 1 fully saturated rings. The van der Waals surface area contributed by atoms with Crippen molar-refractivity contribution < 1.29 is 18.3 Å². The van der Waals surface area contributed by atoms with Gasteiger partial charge in [-0.1, -0.05) is 30.3 Å². The van der Waals surface area contributed by atoms with Crippen molar-refractivity contribution in [1.29, 1.82) is 0 Å². The number of piperidine rings is 1. The van der Waals surface area contributed by atoms with Crippen LogP contribution in [0.3, 0.4) is 0 Å². The molecule has 0 unspecified atom stereocenters. The molecule has 1 aromatic carbocycles. The van der Waals surface area contributed by atoms with Crippen molar-refractivity contribution in [2.45, 2.75) is 19.4 Å². The largest absolute Gasteiger partial charge is 0.481 e. The Labute approximate surface area is 131 Å². The first-order chi connectivity index (χ1) is 10.5. The molecule has 0 bridgehead atoms. The Hall–Kier alpha value is -1.44. The second-order valence-electron chi connectivity index (χ2n) is 5.49. The van der Waals surface area contributed by atoms with Crippen molar-refractivity contribution in [2.75, 3.05) is 25.4 Å². The van der Waals surface area contributed by atoms with E-state index in [1.54, 1.807) is 0 Å². The Bertz CT molecular complexity index is 581. The van der Waals surface area contributed by atoms with Crippen LogP contribution in [-0.4, -0.2) is 49.2 Å². The van der Waals surface area contributed by atoms with E-state index < -0.39 is 21.9 Å². The molecule has 2 N–H and O–H groups in total. The van der Waals surface area contributed by atoms with Crippen molar-refractivity contribution in [3.8, 4) is 0 Å². The second kappa shape index (κ2) is 7.71. The molecule has 1 heterocycles. The number of carboxylic acids is 1. The van der Waals surface area contributed by atoms with Crippen molar-refractivity contribution >= 4 is 16.0 Å². The molecule has 6 nitrogen and oxygen atoms in total. The highest BCUT2D eigenvalue weighted by Gasteiger charge is 2.30. The van der Waals surface area contributed by atoms with Crippen LogP contribution < -0.4 is 5.32 Å². The highest BCUT2D eigenvalue weighted by Crippen LogP contribution is 2.19. The zero-order valence-electron chi connectivity index (χ0n) is 12.4. The summed E-state index contributed by atoms with van der Waals surface area (Å²) < 4.78 is 25.8. The van der Waals surface area contributed by atoms with Crippen LogP contribution in [0.2, 0.25) is 0 Å². The number of benzene rings is 1. The average molecular weight is 326 g/mol. The fraction of sp³-hybridized carbons (Fsp3) is 0.533. The molecule has 1 aromatic rings. The second-order valence-corrected chi connectivity index (χ2v) is 7.58. The van der Waals surface area contributed by atoms with Crippen molar-refractivity contribution in [3.63, 3.8) is 0 Å². The molecule has 2 rings (SSSR count). The lowest BCUT2D eigenvalue weighted by atomic mass is 9.99. The van der Waals surface area contributed by atoms with Crippen LogP contribution in [0.1, 0.15) is 18.4 Å². The maximum absolute atomic E-state index is 12.2. The van der Waals surface area contributed by atoms with Gasteiger partial charge in [0.2, 0.25) is 10.0 Å². The number of hydrogen-bond acceptors (Lipinski definition) is 4. The normalized spacial score (nSPS) is 17.5. The summed E-state index contributed by atoms with van der Waals surface area (Å²) in [6, 6.07) is 9.80. The van der Waals surface area contributed by atoms with Crippen LogP contribution in [0.5, 0.6) is 0 Å². The first kappa shape index (κ1) is 16.9. The van der Waals surface area contributed by atoms with Crippen molar-refractivity contribution in [3.05, 3.63) is 35.9 Å². The van der Waals surface area contributed by atoms with E-state index in [1.165, 1.54) is 4.31 Å². The van der Waals surface area contributed by atoms with Gasteiger partial charge in [0.15, 0.2) is 0 Å². The quantitative estimate of drug-likeness (QED) is 0.727. The first-order valence-electron chi connectivity index (χ1n) is 7.44. The third-order valence-corrected chi connectivity index (χ3v) is 5.78. The molecule has 0 atom stereocenters. The molecule has 122 valence electrons. The molecule has 1 aliphatic rings. The molecule has 0 saturated carbocycles. The minimum absolute atomic E-state index is 0.0393. The van der Waals surface area contributed by atoms with Crippen LogP contribution in [0.25, 0.3) is 0 Å². The van der Waals surface area contributed by atoms with Crippen LogP contribution in [0.15, 0.2) is 30.3 Å². The number of nitrogens with zero attached hydrogens (tertiary/aromatic N) is 1. The summed E-state index contributed by atoms with van der Waals surface area (Å²) in [7, 11) is -3.31. The molecule has 22 heavy (non-hydrogen) atoms. The number of carboxylic acid groups (broad SMARTS) is 1. The lowest BCUT2D eigenvalue weighted by molar-refractivity contribution is -0.142. The molecular formula is C15H22N2O4S. The Balaban J connectivity index is 1.74. The van der Waals surface area contributed by atoms with Gasteiger partial charge in [-0.25, -0.2) is 12.7 Å². The number of hydrogen-bond donors (Lipinski definition) is 2. The van der Waals surface area contributed by atoms with Gasteiger partial charge in [-0.3, -0.25) is 4.79 Å². The molecule has 0 spiro atoms. The van der Waals surface area contributed by atoms with Gasteiger partial charge in [0, 0.05) is 26.2 Å². The predicted octanol–water partition coefficient (Wildman–Crippen LogP) is 0.903. The van der Waals surface area contributed by atoms with E-state index >= 15 is 0 Å². The van der Waals surface area contributed by atoms with Gasteiger partial charge in [-0.05, 0) is 18.4 Å². The van der Waals surface area contributed by atoms with E-state index in [-0.39, 0.29) is 5.75 Å². The summed E-state index contributed by atoms with van der Waals surface area (Å²) >= 11 is 0. The maximum atomic E-state index is 12.2. The predicted molar refractivity (Wildman–Crippen MR) is 83.9 cm³/mol. The van der Waals surface area contributed by atoms with Crippen LogP contribution in [0.4, 0.5) is 0 Å². The van der Waals surface area contributed by atoms with Gasteiger partial charge in [-0.15, -0.1) is 0 Å². The number of rotatable bonds is 7. The zero-order chi connectivity index (χ0) is 16.0. The summed E-state index contributed by atoms with van der Waals surface area (Å²) in [6.45, 7) is 1.63. The number of aliphatic carboxylic acids is 1. The topological polar surface area (TPSA) is 86.7 Å². The number of carbonyl (C=O) groups is 1. The van der Waals surface area contributed by atoms with Gasteiger partial charge in [0.1, 0.15) is 0 Å². The summed E-state index contributed by atoms with van der Waals surface area (Å²) in [5, 5.41) is 12.1. The number of sulfonamides is 1. The Morgan fingerprint density at radius 2 is 1.86 bits per heavy atom.